The zero-order valence-corrected chi connectivity index (χ0v) is 15.0. The predicted octanol–water partition coefficient (Wildman–Crippen LogP) is 0.989. The third-order valence-electron chi connectivity index (χ3n) is 4.04. The number of amides is 1. The molecule has 2 heterocycles. The number of hydrogen-bond donors (Lipinski definition) is 0. The fourth-order valence-electron chi connectivity index (χ4n) is 2.79. The van der Waals surface area contributed by atoms with Crippen LogP contribution in [0.3, 0.4) is 0 Å². The fourth-order valence-corrected chi connectivity index (χ4v) is 5.74. The molecule has 0 aliphatic carbocycles. The van der Waals surface area contributed by atoms with Gasteiger partial charge in [-0.1, -0.05) is 11.8 Å². The van der Waals surface area contributed by atoms with Crippen LogP contribution in [0.1, 0.15) is 0 Å². The molecule has 0 unspecified atom stereocenters. The second-order valence-electron chi connectivity index (χ2n) is 6.05. The van der Waals surface area contributed by atoms with E-state index in [1.807, 2.05) is 4.90 Å². The molecular formula is C15H18FN3O3S2. The van der Waals surface area contributed by atoms with Crippen molar-refractivity contribution in [2.75, 3.05) is 36.3 Å². The number of amidine groups is 1. The minimum absolute atomic E-state index is 0.0149. The molecule has 1 aromatic rings. The van der Waals surface area contributed by atoms with Crippen molar-refractivity contribution in [2.45, 2.75) is 12.1 Å². The van der Waals surface area contributed by atoms with Crippen molar-refractivity contribution in [3.8, 4) is 0 Å². The number of benzene rings is 1. The summed E-state index contributed by atoms with van der Waals surface area (Å²) in [5.74, 6) is -0.157. The van der Waals surface area contributed by atoms with Crippen molar-refractivity contribution in [3.63, 3.8) is 0 Å². The molecule has 0 saturated carbocycles. The van der Waals surface area contributed by atoms with Crippen LogP contribution < -0.4 is 4.90 Å². The maximum atomic E-state index is 13.2. The Morgan fingerprint density at radius 2 is 2.00 bits per heavy atom. The smallest absolute Gasteiger partial charge is 0.232 e. The number of aliphatic imine (C=N–C) groups is 1. The molecule has 6 nitrogen and oxygen atoms in total. The van der Waals surface area contributed by atoms with Crippen LogP contribution in [0, 0.1) is 5.82 Å². The summed E-state index contributed by atoms with van der Waals surface area (Å²) in [5.41, 5.74) is 0.685. The first-order valence-corrected chi connectivity index (χ1v) is 10.2. The molecule has 1 amide bonds. The lowest BCUT2D eigenvalue weighted by Gasteiger charge is -2.26. The maximum Gasteiger partial charge on any atom is 0.232 e. The molecule has 1 fully saturated rings. The number of hydrogen-bond acceptors (Lipinski definition) is 6. The van der Waals surface area contributed by atoms with E-state index in [0.29, 0.717) is 10.9 Å². The number of carbonyl (C=O) groups is 1. The highest BCUT2D eigenvalue weighted by Crippen LogP contribution is 2.35. The Kier molecular flexibility index (Phi) is 4.56. The summed E-state index contributed by atoms with van der Waals surface area (Å²) in [7, 11) is 0.228. The van der Waals surface area contributed by atoms with E-state index in [9.17, 15) is 17.6 Å². The Balaban J connectivity index is 1.87. The van der Waals surface area contributed by atoms with Gasteiger partial charge in [0.25, 0.3) is 0 Å². The van der Waals surface area contributed by atoms with E-state index in [0.717, 1.165) is 0 Å². The van der Waals surface area contributed by atoms with Crippen molar-refractivity contribution < 1.29 is 17.6 Å². The minimum Gasteiger partial charge on any atom is -0.348 e. The van der Waals surface area contributed by atoms with Gasteiger partial charge in [-0.15, -0.1) is 0 Å². The number of halogens is 1. The zero-order valence-electron chi connectivity index (χ0n) is 13.3. The van der Waals surface area contributed by atoms with E-state index in [4.69, 9.17) is 0 Å². The quantitative estimate of drug-likeness (QED) is 0.793. The Hall–Kier alpha value is -1.61. The lowest BCUT2D eigenvalue weighted by Crippen LogP contribution is -2.39. The van der Waals surface area contributed by atoms with Crippen molar-refractivity contribution in [1.82, 2.24) is 4.90 Å². The van der Waals surface area contributed by atoms with E-state index in [1.54, 1.807) is 26.2 Å². The third-order valence-corrected chi connectivity index (χ3v) is 6.69. The van der Waals surface area contributed by atoms with Gasteiger partial charge >= 0.3 is 0 Å². The Labute approximate surface area is 144 Å². The number of anilines is 1. The third kappa shape index (κ3) is 3.41. The molecule has 1 saturated heterocycles. The summed E-state index contributed by atoms with van der Waals surface area (Å²) in [4.78, 5) is 19.7. The molecule has 24 heavy (non-hydrogen) atoms. The van der Waals surface area contributed by atoms with E-state index in [1.165, 1.54) is 28.8 Å². The van der Waals surface area contributed by atoms with E-state index in [-0.39, 0.29) is 41.1 Å². The molecule has 9 heteroatoms. The van der Waals surface area contributed by atoms with Gasteiger partial charge in [-0.05, 0) is 24.3 Å². The molecule has 0 bridgehead atoms. The van der Waals surface area contributed by atoms with Crippen LogP contribution in [0.25, 0.3) is 0 Å². The number of fused-ring (bicyclic) bond motifs is 1. The normalized spacial score (nSPS) is 24.6. The van der Waals surface area contributed by atoms with E-state index < -0.39 is 9.84 Å². The number of sulfone groups is 1. The monoisotopic (exact) mass is 371 g/mol. The molecule has 0 aromatic heterocycles. The van der Waals surface area contributed by atoms with Gasteiger partial charge < -0.3 is 9.80 Å². The molecule has 1 aromatic carbocycles. The van der Waals surface area contributed by atoms with E-state index in [2.05, 4.69) is 4.99 Å². The summed E-state index contributed by atoms with van der Waals surface area (Å²) in [6.45, 7) is 0. The average molecular weight is 371 g/mol. The van der Waals surface area contributed by atoms with Crippen LogP contribution >= 0.6 is 11.8 Å². The zero-order chi connectivity index (χ0) is 17.5. The summed E-state index contributed by atoms with van der Waals surface area (Å²) in [6.07, 6.45) is 0. The molecule has 0 spiro atoms. The lowest BCUT2D eigenvalue weighted by atomic mass is 10.1. The Bertz CT molecular complexity index is 778. The first kappa shape index (κ1) is 17.2. The molecule has 2 atom stereocenters. The first-order chi connectivity index (χ1) is 11.3. The standard InChI is InChI=1S/C15H18FN3O3S2/c1-18(2)14(20)7-23-15-17-12-8-24(21,22)9-13(12)19(15)11-5-3-10(16)4-6-11/h3-6,12-13H,7-9H2,1-2H3/t12-,13-/m1/s1. The summed E-state index contributed by atoms with van der Waals surface area (Å²) >= 11 is 1.28. The average Bonchev–Trinajstić information content (AvgIpc) is 2.97. The second-order valence-corrected chi connectivity index (χ2v) is 9.14. The molecule has 2 aliphatic rings. The van der Waals surface area contributed by atoms with Crippen LogP contribution in [0.2, 0.25) is 0 Å². The second kappa shape index (κ2) is 6.36. The summed E-state index contributed by atoms with van der Waals surface area (Å²) in [5, 5.41) is 0.613. The SMILES string of the molecule is CN(C)C(=O)CSC1=N[C@@H]2CS(=O)(=O)C[C@H]2N1c1ccc(F)cc1. The molecular weight excluding hydrogens is 353 g/mol. The molecule has 0 radical (unpaired) electrons. The van der Waals surface area contributed by atoms with Gasteiger partial charge in [0.05, 0.1) is 29.3 Å². The summed E-state index contributed by atoms with van der Waals surface area (Å²) < 4.78 is 37.0. The minimum atomic E-state index is -3.13. The first-order valence-electron chi connectivity index (χ1n) is 7.43. The van der Waals surface area contributed by atoms with Gasteiger partial charge in [0.15, 0.2) is 15.0 Å². The molecule has 2 aliphatic heterocycles. The van der Waals surface area contributed by atoms with Crippen molar-refractivity contribution in [2.24, 2.45) is 4.99 Å². The number of thioether (sulfide) groups is 1. The van der Waals surface area contributed by atoms with Gasteiger partial charge in [0, 0.05) is 19.8 Å². The highest BCUT2D eigenvalue weighted by atomic mass is 32.2. The van der Waals surface area contributed by atoms with Gasteiger partial charge in [-0.3, -0.25) is 9.79 Å². The lowest BCUT2D eigenvalue weighted by molar-refractivity contribution is -0.125. The van der Waals surface area contributed by atoms with Crippen LogP contribution in [-0.2, 0) is 14.6 Å². The van der Waals surface area contributed by atoms with Gasteiger partial charge in [0.2, 0.25) is 5.91 Å². The highest BCUT2D eigenvalue weighted by molar-refractivity contribution is 8.14. The van der Waals surface area contributed by atoms with Crippen LogP contribution in [0.15, 0.2) is 29.3 Å². The topological polar surface area (TPSA) is 70.0 Å². The van der Waals surface area contributed by atoms with Gasteiger partial charge in [-0.2, -0.15) is 0 Å². The largest absolute Gasteiger partial charge is 0.348 e. The molecule has 0 N–H and O–H groups in total. The van der Waals surface area contributed by atoms with Crippen LogP contribution in [0.4, 0.5) is 10.1 Å². The van der Waals surface area contributed by atoms with Crippen LogP contribution in [0.5, 0.6) is 0 Å². The number of rotatable bonds is 3. The number of nitrogens with zero attached hydrogens (tertiary/aromatic N) is 3. The Morgan fingerprint density at radius 1 is 1.33 bits per heavy atom. The predicted molar refractivity (Wildman–Crippen MR) is 93.7 cm³/mol. The van der Waals surface area contributed by atoms with Crippen molar-refractivity contribution in [1.29, 1.82) is 0 Å². The van der Waals surface area contributed by atoms with Gasteiger partial charge in [0.1, 0.15) is 5.82 Å². The van der Waals surface area contributed by atoms with E-state index >= 15 is 0 Å². The molecule has 130 valence electrons. The van der Waals surface area contributed by atoms with Crippen molar-refractivity contribution in [3.05, 3.63) is 30.1 Å². The fraction of sp³-hybridized carbons (Fsp3) is 0.467. The summed E-state index contributed by atoms with van der Waals surface area (Å²) in [6, 6.07) is 5.24. The van der Waals surface area contributed by atoms with Crippen molar-refractivity contribution >= 4 is 38.4 Å². The van der Waals surface area contributed by atoms with Crippen LogP contribution in [-0.4, -0.2) is 67.8 Å². The maximum absolute atomic E-state index is 13.2. The molecule has 3 rings (SSSR count). The highest BCUT2D eigenvalue weighted by Gasteiger charge is 2.47. The number of carbonyl (C=O) groups excluding carboxylic acids is 1. The Morgan fingerprint density at radius 3 is 2.62 bits per heavy atom. The van der Waals surface area contributed by atoms with Gasteiger partial charge in [-0.25, -0.2) is 12.8 Å².